The molecular formula is C14H19Cl2N3O3S. The predicted molar refractivity (Wildman–Crippen MR) is 92.7 cm³/mol. The van der Waals surface area contributed by atoms with Gasteiger partial charge in [-0.25, -0.2) is 8.42 Å². The fraction of sp³-hybridized carbons (Fsp3) is 0.500. The van der Waals surface area contributed by atoms with Crippen LogP contribution in [0.3, 0.4) is 0 Å². The average Bonchev–Trinajstić information content (AvgIpc) is 2.85. The van der Waals surface area contributed by atoms with Crippen molar-refractivity contribution in [3.63, 3.8) is 0 Å². The standard InChI is InChI=1S/C14H19Cl2N3O3S/c1-18(23(2,21)22)9-14(20)17-11-5-6-19(8-11)13-4-3-10(15)7-12(13)16/h3-4,7,11H,5-6,8-9H2,1-2H3,(H,17,20)/t11-/m0/s1. The third-order valence-corrected chi connectivity index (χ3v) is 5.54. The van der Waals surface area contributed by atoms with Crippen LogP contribution in [0.15, 0.2) is 18.2 Å². The molecule has 1 saturated heterocycles. The molecular weight excluding hydrogens is 361 g/mol. The molecule has 23 heavy (non-hydrogen) atoms. The number of rotatable bonds is 5. The lowest BCUT2D eigenvalue weighted by Gasteiger charge is -2.21. The number of hydrogen-bond acceptors (Lipinski definition) is 4. The topological polar surface area (TPSA) is 69.7 Å². The van der Waals surface area contributed by atoms with Gasteiger partial charge in [-0.1, -0.05) is 23.2 Å². The number of halogens is 2. The van der Waals surface area contributed by atoms with Gasteiger partial charge in [0.05, 0.1) is 23.5 Å². The monoisotopic (exact) mass is 379 g/mol. The van der Waals surface area contributed by atoms with Gasteiger partial charge in [0.15, 0.2) is 0 Å². The zero-order valence-electron chi connectivity index (χ0n) is 12.9. The Labute approximate surface area is 146 Å². The molecule has 1 aromatic carbocycles. The van der Waals surface area contributed by atoms with Crippen LogP contribution in [0.2, 0.25) is 10.0 Å². The molecule has 0 aromatic heterocycles. The maximum absolute atomic E-state index is 11.9. The van der Waals surface area contributed by atoms with E-state index in [1.807, 2.05) is 6.07 Å². The molecule has 0 spiro atoms. The zero-order chi connectivity index (χ0) is 17.2. The molecule has 1 fully saturated rings. The van der Waals surface area contributed by atoms with Gasteiger partial charge in [0.2, 0.25) is 15.9 Å². The second-order valence-electron chi connectivity index (χ2n) is 5.61. The summed E-state index contributed by atoms with van der Waals surface area (Å²) in [5, 5.41) is 4.00. The summed E-state index contributed by atoms with van der Waals surface area (Å²) >= 11 is 12.1. The Hall–Kier alpha value is -1.02. The number of nitrogens with one attached hydrogen (secondary N) is 1. The van der Waals surface area contributed by atoms with Gasteiger partial charge >= 0.3 is 0 Å². The maximum Gasteiger partial charge on any atom is 0.235 e. The first-order chi connectivity index (χ1) is 10.7. The van der Waals surface area contributed by atoms with Crippen molar-refractivity contribution in [1.29, 1.82) is 0 Å². The molecule has 1 aliphatic rings. The van der Waals surface area contributed by atoms with E-state index in [9.17, 15) is 13.2 Å². The zero-order valence-corrected chi connectivity index (χ0v) is 15.2. The minimum absolute atomic E-state index is 0.0396. The van der Waals surface area contributed by atoms with Gasteiger partial charge in [-0.3, -0.25) is 4.79 Å². The molecule has 1 atom stereocenters. The highest BCUT2D eigenvalue weighted by Gasteiger charge is 2.26. The van der Waals surface area contributed by atoms with E-state index in [1.165, 1.54) is 7.05 Å². The summed E-state index contributed by atoms with van der Waals surface area (Å²) in [6.45, 7) is 1.20. The smallest absolute Gasteiger partial charge is 0.235 e. The van der Waals surface area contributed by atoms with Gasteiger partial charge in [-0.2, -0.15) is 4.31 Å². The number of sulfonamides is 1. The van der Waals surface area contributed by atoms with E-state index in [0.717, 1.165) is 29.2 Å². The van der Waals surface area contributed by atoms with Crippen molar-refractivity contribution in [2.75, 3.05) is 37.8 Å². The van der Waals surface area contributed by atoms with Crippen LogP contribution in [-0.2, 0) is 14.8 Å². The van der Waals surface area contributed by atoms with Crippen LogP contribution in [0.5, 0.6) is 0 Å². The molecule has 2 rings (SSSR count). The average molecular weight is 380 g/mol. The summed E-state index contributed by atoms with van der Waals surface area (Å²) in [5.41, 5.74) is 0.876. The first kappa shape index (κ1) is 18.3. The predicted octanol–water partition coefficient (Wildman–Crippen LogP) is 1.58. The Morgan fingerprint density at radius 1 is 1.43 bits per heavy atom. The van der Waals surface area contributed by atoms with E-state index in [0.29, 0.717) is 16.6 Å². The van der Waals surface area contributed by atoms with Gasteiger partial charge in [-0.05, 0) is 24.6 Å². The highest BCUT2D eigenvalue weighted by atomic mass is 35.5. The molecule has 128 valence electrons. The van der Waals surface area contributed by atoms with E-state index in [1.54, 1.807) is 12.1 Å². The Kier molecular flexibility index (Phi) is 5.78. The molecule has 0 aliphatic carbocycles. The van der Waals surface area contributed by atoms with Crippen LogP contribution in [0.25, 0.3) is 0 Å². The Morgan fingerprint density at radius 2 is 2.13 bits per heavy atom. The molecule has 1 heterocycles. The van der Waals surface area contributed by atoms with Crippen LogP contribution < -0.4 is 10.2 Å². The number of benzene rings is 1. The lowest BCUT2D eigenvalue weighted by molar-refractivity contribution is -0.121. The van der Waals surface area contributed by atoms with Crippen molar-refractivity contribution in [3.05, 3.63) is 28.2 Å². The van der Waals surface area contributed by atoms with Gasteiger partial charge in [0, 0.05) is 31.2 Å². The Balaban J connectivity index is 1.91. The van der Waals surface area contributed by atoms with Gasteiger partial charge in [-0.15, -0.1) is 0 Å². The summed E-state index contributed by atoms with van der Waals surface area (Å²) in [6, 6.07) is 5.27. The van der Waals surface area contributed by atoms with E-state index in [-0.39, 0.29) is 18.5 Å². The summed E-state index contributed by atoms with van der Waals surface area (Å²) in [6.07, 6.45) is 1.84. The molecule has 6 nitrogen and oxygen atoms in total. The lowest BCUT2D eigenvalue weighted by Crippen LogP contribution is -2.43. The molecule has 0 unspecified atom stereocenters. The number of anilines is 1. The highest BCUT2D eigenvalue weighted by Crippen LogP contribution is 2.31. The van der Waals surface area contributed by atoms with Crippen LogP contribution in [0, 0.1) is 0 Å². The van der Waals surface area contributed by atoms with Crippen molar-refractivity contribution in [1.82, 2.24) is 9.62 Å². The van der Waals surface area contributed by atoms with Gasteiger partial charge in [0.1, 0.15) is 0 Å². The molecule has 0 bridgehead atoms. The minimum atomic E-state index is -3.36. The van der Waals surface area contributed by atoms with E-state index in [2.05, 4.69) is 10.2 Å². The number of likely N-dealkylation sites (N-methyl/N-ethyl adjacent to an activating group) is 1. The first-order valence-corrected chi connectivity index (χ1v) is 9.68. The SMILES string of the molecule is CN(CC(=O)N[C@H]1CCN(c2ccc(Cl)cc2Cl)C1)S(C)(=O)=O. The Morgan fingerprint density at radius 3 is 2.74 bits per heavy atom. The van der Waals surface area contributed by atoms with Gasteiger partial charge < -0.3 is 10.2 Å². The molecule has 1 aromatic rings. The molecule has 1 N–H and O–H groups in total. The summed E-state index contributed by atoms with van der Waals surface area (Å²) < 4.78 is 23.7. The summed E-state index contributed by atoms with van der Waals surface area (Å²) in [7, 11) is -1.98. The molecule has 0 saturated carbocycles. The van der Waals surface area contributed by atoms with E-state index in [4.69, 9.17) is 23.2 Å². The lowest BCUT2D eigenvalue weighted by atomic mass is 10.2. The number of amides is 1. The minimum Gasteiger partial charge on any atom is -0.368 e. The van der Waals surface area contributed by atoms with Crippen LogP contribution in [0.1, 0.15) is 6.42 Å². The fourth-order valence-electron chi connectivity index (χ4n) is 2.43. The number of carbonyl (C=O) groups excluding carboxylic acids is 1. The van der Waals surface area contributed by atoms with Crippen molar-refractivity contribution in [3.8, 4) is 0 Å². The second kappa shape index (κ2) is 7.25. The number of nitrogens with zero attached hydrogens (tertiary/aromatic N) is 2. The molecule has 0 radical (unpaired) electrons. The maximum atomic E-state index is 11.9. The van der Waals surface area contributed by atoms with Crippen molar-refractivity contribution < 1.29 is 13.2 Å². The fourth-order valence-corrected chi connectivity index (χ4v) is 3.31. The van der Waals surface area contributed by atoms with Crippen molar-refractivity contribution >= 4 is 44.8 Å². The molecule has 1 amide bonds. The van der Waals surface area contributed by atoms with Crippen molar-refractivity contribution in [2.24, 2.45) is 0 Å². The molecule has 9 heteroatoms. The first-order valence-electron chi connectivity index (χ1n) is 7.07. The highest BCUT2D eigenvalue weighted by molar-refractivity contribution is 7.88. The number of hydrogen-bond donors (Lipinski definition) is 1. The summed E-state index contributed by atoms with van der Waals surface area (Å²) in [4.78, 5) is 14.0. The normalized spacial score (nSPS) is 18.5. The second-order valence-corrected chi connectivity index (χ2v) is 8.55. The van der Waals surface area contributed by atoms with Crippen LogP contribution in [0.4, 0.5) is 5.69 Å². The third kappa shape index (κ3) is 4.97. The van der Waals surface area contributed by atoms with Crippen LogP contribution >= 0.6 is 23.2 Å². The summed E-state index contributed by atoms with van der Waals surface area (Å²) in [5.74, 6) is -0.313. The van der Waals surface area contributed by atoms with Crippen LogP contribution in [-0.4, -0.2) is 57.6 Å². The third-order valence-electron chi connectivity index (χ3n) is 3.74. The molecule has 1 aliphatic heterocycles. The van der Waals surface area contributed by atoms with E-state index >= 15 is 0 Å². The van der Waals surface area contributed by atoms with Gasteiger partial charge in [0.25, 0.3) is 0 Å². The van der Waals surface area contributed by atoms with E-state index < -0.39 is 10.0 Å². The number of carbonyl (C=O) groups is 1. The quantitative estimate of drug-likeness (QED) is 0.842. The Bertz CT molecular complexity index is 697. The van der Waals surface area contributed by atoms with Crippen molar-refractivity contribution in [2.45, 2.75) is 12.5 Å². The largest absolute Gasteiger partial charge is 0.368 e.